The molecule has 2 atom stereocenters. The molecule has 0 radical (unpaired) electrons. The second kappa shape index (κ2) is 20.3. The molecule has 0 rings (SSSR count). The molecule has 0 aliphatic carbocycles. The fourth-order valence-corrected chi connectivity index (χ4v) is 4.20. The van der Waals surface area contributed by atoms with Gasteiger partial charge in [0.25, 0.3) is 0 Å². The van der Waals surface area contributed by atoms with Gasteiger partial charge in [0.05, 0.1) is 27.2 Å². The van der Waals surface area contributed by atoms with Gasteiger partial charge in [-0.15, -0.1) is 0 Å². The summed E-state index contributed by atoms with van der Waals surface area (Å²) >= 11 is 0. The molecule has 33 heavy (non-hydrogen) atoms. The van der Waals surface area contributed by atoms with E-state index in [1.54, 1.807) is 0 Å². The molecule has 1 N–H and O–H groups in total. The van der Waals surface area contributed by atoms with Crippen molar-refractivity contribution in [3.05, 3.63) is 0 Å². The van der Waals surface area contributed by atoms with E-state index in [2.05, 4.69) is 6.92 Å². The molecular weight excluding hydrogens is 418 g/mol. The third-order valence-corrected chi connectivity index (χ3v) is 6.00. The van der Waals surface area contributed by atoms with Crippen molar-refractivity contribution in [2.24, 2.45) is 0 Å². The predicted molar refractivity (Wildman–Crippen MR) is 133 cm³/mol. The number of carbonyl (C=O) groups is 2. The van der Waals surface area contributed by atoms with Crippen LogP contribution in [0.5, 0.6) is 0 Å². The molecule has 6 heteroatoms. The first-order valence-corrected chi connectivity index (χ1v) is 13.5. The largest absolute Gasteiger partial charge is 0.550 e. The maximum absolute atomic E-state index is 12.0. The highest BCUT2D eigenvalue weighted by Crippen LogP contribution is 2.15. The minimum absolute atomic E-state index is 0.121. The highest BCUT2D eigenvalue weighted by atomic mass is 16.5. The molecule has 0 bridgehead atoms. The topological polar surface area (TPSA) is 86.7 Å². The van der Waals surface area contributed by atoms with E-state index in [-0.39, 0.29) is 18.5 Å². The lowest BCUT2D eigenvalue weighted by molar-refractivity contribution is -0.873. The summed E-state index contributed by atoms with van der Waals surface area (Å²) in [7, 11) is 5.82. The van der Waals surface area contributed by atoms with Gasteiger partial charge in [0.2, 0.25) is 0 Å². The Morgan fingerprint density at radius 1 is 0.788 bits per heavy atom. The zero-order chi connectivity index (χ0) is 25.0. The summed E-state index contributed by atoms with van der Waals surface area (Å²) in [6.07, 6.45) is 17.7. The second-order valence-corrected chi connectivity index (χ2v) is 10.7. The first-order valence-electron chi connectivity index (χ1n) is 13.5. The van der Waals surface area contributed by atoms with Crippen LogP contribution in [0, 0.1) is 0 Å². The van der Waals surface area contributed by atoms with Crippen LogP contribution in [0.25, 0.3) is 0 Å². The number of rotatable bonds is 23. The van der Waals surface area contributed by atoms with E-state index in [4.69, 9.17) is 4.74 Å². The Labute approximate surface area is 203 Å². The van der Waals surface area contributed by atoms with Crippen LogP contribution in [0.15, 0.2) is 0 Å². The van der Waals surface area contributed by atoms with E-state index >= 15 is 0 Å². The van der Waals surface area contributed by atoms with Gasteiger partial charge in [0.1, 0.15) is 6.54 Å². The van der Waals surface area contributed by atoms with Crippen LogP contribution >= 0.6 is 0 Å². The lowest BCUT2D eigenvalue weighted by atomic mass is 10.0. The Morgan fingerprint density at radius 2 is 1.24 bits per heavy atom. The van der Waals surface area contributed by atoms with Crippen molar-refractivity contribution in [3.8, 4) is 0 Å². The van der Waals surface area contributed by atoms with Crippen molar-refractivity contribution in [2.75, 3.05) is 27.7 Å². The molecule has 0 heterocycles. The second-order valence-electron chi connectivity index (χ2n) is 10.7. The van der Waals surface area contributed by atoms with Crippen LogP contribution in [-0.4, -0.2) is 61.4 Å². The van der Waals surface area contributed by atoms with Gasteiger partial charge in [-0.3, -0.25) is 4.79 Å². The van der Waals surface area contributed by atoms with Crippen LogP contribution in [0.1, 0.15) is 122 Å². The number of likely N-dealkylation sites (N-methyl/N-ethyl adjacent to an activating group) is 1. The first-order chi connectivity index (χ1) is 15.6. The molecule has 0 aromatic heterocycles. The van der Waals surface area contributed by atoms with Crippen LogP contribution < -0.4 is 5.11 Å². The molecular formula is C27H53NO5. The standard InChI is InChI=1S/C27H53NO5/c1-5-6-7-8-13-16-19-24(29)20-17-14-11-9-10-12-15-18-21-27(32)33-25(22-26(30)31)23-28(2,3)4/h24-25,29H,5-23H2,1-4H3. The van der Waals surface area contributed by atoms with Gasteiger partial charge in [-0.1, -0.05) is 90.4 Å². The van der Waals surface area contributed by atoms with Gasteiger partial charge in [0.15, 0.2) is 6.10 Å². The number of ether oxygens (including phenoxy) is 1. The predicted octanol–water partition coefficient (Wildman–Crippen LogP) is 4.76. The zero-order valence-electron chi connectivity index (χ0n) is 22.1. The van der Waals surface area contributed by atoms with Crippen molar-refractivity contribution in [1.29, 1.82) is 0 Å². The Morgan fingerprint density at radius 3 is 1.70 bits per heavy atom. The summed E-state index contributed by atoms with van der Waals surface area (Å²) in [5, 5.41) is 21.0. The lowest BCUT2D eigenvalue weighted by Crippen LogP contribution is -2.45. The van der Waals surface area contributed by atoms with Crippen molar-refractivity contribution in [2.45, 2.75) is 135 Å². The van der Waals surface area contributed by atoms with Crippen molar-refractivity contribution >= 4 is 11.9 Å². The number of hydrogen-bond acceptors (Lipinski definition) is 5. The van der Waals surface area contributed by atoms with Gasteiger partial charge in [0, 0.05) is 18.8 Å². The number of quaternary nitrogens is 1. The summed E-state index contributed by atoms with van der Waals surface area (Å²) in [4.78, 5) is 22.9. The molecule has 0 aliphatic heterocycles. The minimum Gasteiger partial charge on any atom is -0.550 e. The fourth-order valence-electron chi connectivity index (χ4n) is 4.20. The summed E-state index contributed by atoms with van der Waals surface area (Å²) in [6, 6.07) is 0. The number of carboxylic acid groups (broad SMARTS) is 1. The van der Waals surface area contributed by atoms with Gasteiger partial charge < -0.3 is 24.2 Å². The molecule has 2 unspecified atom stereocenters. The van der Waals surface area contributed by atoms with E-state index in [9.17, 15) is 19.8 Å². The van der Waals surface area contributed by atoms with Gasteiger partial charge in [-0.05, 0) is 19.3 Å². The number of nitrogens with zero attached hydrogens (tertiary/aromatic N) is 1. The van der Waals surface area contributed by atoms with E-state index in [0.29, 0.717) is 17.4 Å². The molecule has 0 amide bonds. The molecule has 0 aliphatic rings. The summed E-state index contributed by atoms with van der Waals surface area (Å²) in [5.74, 6) is -1.50. The summed E-state index contributed by atoms with van der Waals surface area (Å²) in [6.45, 7) is 2.69. The van der Waals surface area contributed by atoms with Crippen LogP contribution in [0.3, 0.4) is 0 Å². The van der Waals surface area contributed by atoms with E-state index in [0.717, 1.165) is 44.9 Å². The molecule has 196 valence electrons. The monoisotopic (exact) mass is 471 g/mol. The number of unbranched alkanes of at least 4 members (excludes halogenated alkanes) is 12. The quantitative estimate of drug-likeness (QED) is 0.132. The highest BCUT2D eigenvalue weighted by molar-refractivity contribution is 5.70. The SMILES string of the molecule is CCCCCCCCC(O)CCCCCCCCCCC(=O)OC(CC(=O)[O-])C[N+](C)(C)C. The number of carbonyl (C=O) groups excluding carboxylic acids is 2. The summed E-state index contributed by atoms with van der Waals surface area (Å²) in [5.41, 5.74) is 0. The molecule has 0 fully saturated rings. The van der Waals surface area contributed by atoms with Crippen molar-refractivity contribution in [1.82, 2.24) is 0 Å². The average Bonchev–Trinajstić information content (AvgIpc) is 2.70. The molecule has 0 aromatic rings. The van der Waals surface area contributed by atoms with Gasteiger partial charge in [-0.2, -0.15) is 0 Å². The maximum atomic E-state index is 12.0. The Hall–Kier alpha value is -1.14. The van der Waals surface area contributed by atoms with Crippen LogP contribution in [0.4, 0.5) is 0 Å². The average molecular weight is 472 g/mol. The van der Waals surface area contributed by atoms with E-state index in [1.807, 2.05) is 21.1 Å². The number of esters is 1. The lowest BCUT2D eigenvalue weighted by Gasteiger charge is -2.29. The van der Waals surface area contributed by atoms with Gasteiger partial charge in [-0.25, -0.2) is 0 Å². The number of carboxylic acids is 1. The zero-order valence-corrected chi connectivity index (χ0v) is 22.1. The number of aliphatic hydroxyl groups is 1. The smallest absolute Gasteiger partial charge is 0.306 e. The number of hydrogen-bond donors (Lipinski definition) is 1. The molecule has 0 saturated carbocycles. The first kappa shape index (κ1) is 31.9. The molecule has 0 aromatic carbocycles. The van der Waals surface area contributed by atoms with Crippen LogP contribution in [0.2, 0.25) is 0 Å². The molecule has 0 saturated heterocycles. The Bertz CT molecular complexity index is 489. The third-order valence-electron chi connectivity index (χ3n) is 6.00. The van der Waals surface area contributed by atoms with Crippen molar-refractivity contribution < 1.29 is 29.0 Å². The maximum Gasteiger partial charge on any atom is 0.306 e. The highest BCUT2D eigenvalue weighted by Gasteiger charge is 2.22. The normalized spacial score (nSPS) is 13.6. The Balaban J connectivity index is 3.60. The number of aliphatic hydroxyl groups excluding tert-OH is 1. The number of aliphatic carboxylic acids is 1. The molecule has 0 spiro atoms. The minimum atomic E-state index is -1.19. The van der Waals surface area contributed by atoms with Crippen LogP contribution in [-0.2, 0) is 14.3 Å². The fraction of sp³-hybridized carbons (Fsp3) is 0.926. The third kappa shape index (κ3) is 23.8. The Kier molecular flexibility index (Phi) is 19.6. The van der Waals surface area contributed by atoms with E-state index in [1.165, 1.54) is 57.8 Å². The summed E-state index contributed by atoms with van der Waals surface area (Å²) < 4.78 is 5.91. The molecule has 6 nitrogen and oxygen atoms in total. The van der Waals surface area contributed by atoms with Gasteiger partial charge >= 0.3 is 5.97 Å². The van der Waals surface area contributed by atoms with Crippen molar-refractivity contribution in [3.63, 3.8) is 0 Å². The van der Waals surface area contributed by atoms with E-state index < -0.39 is 12.1 Å².